The summed E-state index contributed by atoms with van der Waals surface area (Å²) in [4.78, 5) is 22.9. The van der Waals surface area contributed by atoms with Crippen LogP contribution in [0.5, 0.6) is 0 Å². The third-order valence-corrected chi connectivity index (χ3v) is 7.11. The summed E-state index contributed by atoms with van der Waals surface area (Å²) < 4.78 is 20.9. The number of morpholine rings is 1. The summed E-state index contributed by atoms with van der Waals surface area (Å²) in [6.45, 7) is 8.51. The lowest BCUT2D eigenvalue weighted by molar-refractivity contribution is 0.103. The fourth-order valence-corrected chi connectivity index (χ4v) is 5.54. The molecular formula is C20H23FN4O2S2. The van der Waals surface area contributed by atoms with Gasteiger partial charge in [-0.3, -0.25) is 4.79 Å². The maximum absolute atomic E-state index is 14.5. The second-order valence-corrected chi connectivity index (χ2v) is 8.71. The Morgan fingerprint density at radius 1 is 1.24 bits per heavy atom. The van der Waals surface area contributed by atoms with E-state index < -0.39 is 0 Å². The number of thiazole rings is 1. The average molecular weight is 435 g/mol. The number of hydrogen-bond acceptors (Lipinski definition) is 7. The zero-order valence-corrected chi connectivity index (χ0v) is 18.0. The third kappa shape index (κ3) is 4.22. The van der Waals surface area contributed by atoms with E-state index in [4.69, 9.17) is 4.74 Å². The van der Waals surface area contributed by atoms with E-state index >= 15 is 0 Å². The molecule has 154 valence electrons. The van der Waals surface area contributed by atoms with Crippen LogP contribution in [0.4, 0.5) is 20.9 Å². The summed E-state index contributed by atoms with van der Waals surface area (Å²) >= 11 is 2.95. The fraction of sp³-hybridized carbons (Fsp3) is 0.400. The van der Waals surface area contributed by atoms with E-state index in [1.165, 1.54) is 17.4 Å². The number of amides is 1. The highest BCUT2D eigenvalue weighted by atomic mass is 32.1. The monoisotopic (exact) mass is 434 g/mol. The van der Waals surface area contributed by atoms with E-state index in [1.807, 2.05) is 11.0 Å². The van der Waals surface area contributed by atoms with Crippen LogP contribution in [0.25, 0.3) is 9.53 Å². The molecule has 3 aromatic rings. The van der Waals surface area contributed by atoms with Crippen molar-refractivity contribution in [3.8, 4) is 0 Å². The average Bonchev–Trinajstić information content (AvgIpc) is 3.29. The standard InChI is InChI=1S/C20H23FN4O2S2/c1-3-24(4-2)20-23-19-17(29-20)12-16(28-19)18(26)22-13-5-6-15(14(21)11-13)25-7-9-27-10-8-25/h5-6,11-12H,3-4,7-10H2,1-2H3,(H,22,26). The lowest BCUT2D eigenvalue weighted by atomic mass is 10.2. The first-order valence-electron chi connectivity index (χ1n) is 9.68. The van der Waals surface area contributed by atoms with Crippen molar-refractivity contribution >= 4 is 54.6 Å². The van der Waals surface area contributed by atoms with Crippen LogP contribution < -0.4 is 15.1 Å². The Balaban J connectivity index is 1.47. The van der Waals surface area contributed by atoms with E-state index in [-0.39, 0.29) is 11.7 Å². The van der Waals surface area contributed by atoms with Gasteiger partial charge in [0.15, 0.2) is 5.13 Å². The predicted octanol–water partition coefficient (Wildman–Crippen LogP) is 4.43. The Hall–Kier alpha value is -2.23. The van der Waals surface area contributed by atoms with Crippen LogP contribution in [0.3, 0.4) is 0 Å². The second kappa shape index (κ2) is 8.64. The summed E-state index contributed by atoms with van der Waals surface area (Å²) in [5, 5.41) is 3.77. The van der Waals surface area contributed by atoms with Gasteiger partial charge < -0.3 is 19.9 Å². The van der Waals surface area contributed by atoms with Crippen molar-refractivity contribution in [3.05, 3.63) is 35.0 Å². The number of hydrogen-bond donors (Lipinski definition) is 1. The zero-order chi connectivity index (χ0) is 20.4. The van der Waals surface area contributed by atoms with Gasteiger partial charge in [-0.05, 0) is 38.1 Å². The molecule has 9 heteroatoms. The SMILES string of the molecule is CCN(CC)c1nc2sc(C(=O)Nc3ccc(N4CCOCC4)c(F)c3)cc2s1. The van der Waals surface area contributed by atoms with Gasteiger partial charge in [-0.15, -0.1) is 11.3 Å². The number of nitrogens with one attached hydrogen (secondary N) is 1. The molecule has 1 aromatic carbocycles. The Labute approximate surface area is 176 Å². The molecule has 0 unspecified atom stereocenters. The van der Waals surface area contributed by atoms with Crippen LogP contribution in [0, 0.1) is 5.82 Å². The van der Waals surface area contributed by atoms with Crippen LogP contribution in [0.15, 0.2) is 24.3 Å². The van der Waals surface area contributed by atoms with E-state index in [2.05, 4.69) is 29.0 Å². The molecule has 0 radical (unpaired) electrons. The quantitative estimate of drug-likeness (QED) is 0.622. The first-order chi connectivity index (χ1) is 14.1. The number of rotatable bonds is 6. The molecule has 1 amide bonds. The van der Waals surface area contributed by atoms with Gasteiger partial charge in [0.05, 0.1) is 28.5 Å². The van der Waals surface area contributed by atoms with Crippen molar-refractivity contribution in [2.45, 2.75) is 13.8 Å². The third-order valence-electron chi connectivity index (χ3n) is 4.89. The summed E-state index contributed by atoms with van der Waals surface area (Å²) in [6, 6.07) is 6.67. The van der Waals surface area contributed by atoms with Crippen molar-refractivity contribution in [2.75, 3.05) is 54.5 Å². The van der Waals surface area contributed by atoms with E-state index in [1.54, 1.807) is 23.5 Å². The number of ether oxygens (including phenoxy) is 1. The minimum absolute atomic E-state index is 0.247. The number of carbonyl (C=O) groups is 1. The number of benzene rings is 1. The van der Waals surface area contributed by atoms with Gasteiger partial charge in [-0.2, -0.15) is 0 Å². The topological polar surface area (TPSA) is 57.7 Å². The van der Waals surface area contributed by atoms with Crippen LogP contribution >= 0.6 is 22.7 Å². The van der Waals surface area contributed by atoms with Gasteiger partial charge in [0.25, 0.3) is 5.91 Å². The smallest absolute Gasteiger partial charge is 0.265 e. The molecule has 0 aliphatic carbocycles. The number of aromatic nitrogens is 1. The number of fused-ring (bicyclic) bond motifs is 1. The summed E-state index contributed by atoms with van der Waals surface area (Å²) in [6.07, 6.45) is 0. The second-order valence-electron chi connectivity index (χ2n) is 6.67. The van der Waals surface area contributed by atoms with E-state index in [0.717, 1.165) is 27.8 Å². The fourth-order valence-electron chi connectivity index (χ4n) is 3.30. The maximum Gasteiger partial charge on any atom is 0.265 e. The first kappa shape index (κ1) is 20.1. The molecule has 2 aromatic heterocycles. The molecule has 0 bridgehead atoms. The van der Waals surface area contributed by atoms with Gasteiger partial charge in [-0.25, -0.2) is 9.37 Å². The first-order valence-corrected chi connectivity index (χ1v) is 11.3. The molecule has 1 N–H and O–H groups in total. The molecule has 0 spiro atoms. The Morgan fingerprint density at radius 3 is 2.66 bits per heavy atom. The Kier molecular flexibility index (Phi) is 5.98. The minimum atomic E-state index is -0.345. The van der Waals surface area contributed by atoms with Gasteiger partial charge in [0.1, 0.15) is 10.6 Å². The Bertz CT molecular complexity index is 978. The van der Waals surface area contributed by atoms with Crippen LogP contribution in [0.1, 0.15) is 23.5 Å². The molecule has 1 fully saturated rings. The predicted molar refractivity (Wildman–Crippen MR) is 118 cm³/mol. The Morgan fingerprint density at radius 2 is 2.00 bits per heavy atom. The molecule has 29 heavy (non-hydrogen) atoms. The van der Waals surface area contributed by atoms with E-state index in [0.29, 0.717) is 42.6 Å². The number of halogens is 1. The molecule has 0 saturated carbocycles. The number of nitrogens with zero attached hydrogens (tertiary/aromatic N) is 3. The van der Waals surface area contributed by atoms with Crippen molar-refractivity contribution in [1.82, 2.24) is 4.98 Å². The summed E-state index contributed by atoms with van der Waals surface area (Å²) in [7, 11) is 0. The number of carbonyl (C=O) groups excluding carboxylic acids is 1. The van der Waals surface area contributed by atoms with Crippen molar-refractivity contribution < 1.29 is 13.9 Å². The highest BCUT2D eigenvalue weighted by molar-refractivity contribution is 7.29. The largest absolute Gasteiger partial charge is 0.378 e. The van der Waals surface area contributed by atoms with Crippen LogP contribution in [-0.4, -0.2) is 50.3 Å². The zero-order valence-electron chi connectivity index (χ0n) is 16.4. The molecule has 3 heterocycles. The number of thiophene rings is 1. The van der Waals surface area contributed by atoms with E-state index in [9.17, 15) is 9.18 Å². The van der Waals surface area contributed by atoms with Crippen molar-refractivity contribution in [1.29, 1.82) is 0 Å². The lowest BCUT2D eigenvalue weighted by Gasteiger charge is -2.29. The van der Waals surface area contributed by atoms with Crippen LogP contribution in [-0.2, 0) is 4.74 Å². The molecule has 6 nitrogen and oxygen atoms in total. The molecular weight excluding hydrogens is 411 g/mol. The molecule has 1 aliphatic heterocycles. The molecule has 1 saturated heterocycles. The van der Waals surface area contributed by atoms with Gasteiger partial charge in [0, 0.05) is 31.9 Å². The number of anilines is 3. The highest BCUT2D eigenvalue weighted by Crippen LogP contribution is 2.35. The summed E-state index contributed by atoms with van der Waals surface area (Å²) in [5.41, 5.74) is 0.981. The van der Waals surface area contributed by atoms with Gasteiger partial charge in [0.2, 0.25) is 0 Å². The molecule has 4 rings (SSSR count). The van der Waals surface area contributed by atoms with Crippen molar-refractivity contribution in [2.24, 2.45) is 0 Å². The molecule has 0 atom stereocenters. The van der Waals surface area contributed by atoms with Crippen LogP contribution in [0.2, 0.25) is 0 Å². The van der Waals surface area contributed by atoms with Gasteiger partial charge >= 0.3 is 0 Å². The molecule has 1 aliphatic rings. The maximum atomic E-state index is 14.5. The summed E-state index contributed by atoms with van der Waals surface area (Å²) in [5.74, 6) is -0.592. The van der Waals surface area contributed by atoms with Crippen molar-refractivity contribution in [3.63, 3.8) is 0 Å². The highest BCUT2D eigenvalue weighted by Gasteiger charge is 2.18. The minimum Gasteiger partial charge on any atom is -0.378 e. The normalized spacial score (nSPS) is 14.4. The lowest BCUT2D eigenvalue weighted by Crippen LogP contribution is -2.36. The van der Waals surface area contributed by atoms with Gasteiger partial charge in [-0.1, -0.05) is 11.3 Å².